The van der Waals surface area contributed by atoms with Gasteiger partial charge in [-0.25, -0.2) is 4.98 Å². The van der Waals surface area contributed by atoms with Crippen molar-refractivity contribution >= 4 is 28.6 Å². The first-order chi connectivity index (χ1) is 12.8. The maximum Gasteiger partial charge on any atom is 0.251 e. The number of aromatic amines is 1. The van der Waals surface area contributed by atoms with E-state index in [9.17, 15) is 4.79 Å². The number of benzene rings is 3. The number of para-hydroxylation sites is 1. The topological polar surface area (TPSA) is 69.8 Å². The fraction of sp³-hybridized carbons (Fsp3) is 0.0476. The van der Waals surface area contributed by atoms with Gasteiger partial charge >= 0.3 is 0 Å². The molecule has 3 N–H and O–H groups in total. The number of nitrogens with zero attached hydrogens (tertiary/aromatic N) is 1. The summed E-state index contributed by atoms with van der Waals surface area (Å²) < 4.78 is 0. The molecule has 0 bridgehead atoms. The fourth-order valence-electron chi connectivity index (χ4n) is 3.42. The number of carbonyl (C=O) groups excluding carboxylic acids is 1. The van der Waals surface area contributed by atoms with Crippen molar-refractivity contribution in [3.8, 4) is 11.1 Å². The highest BCUT2D eigenvalue weighted by Gasteiger charge is 2.21. The standard InChI is InChI=1S/C21H16N4O/c26-20-16-8-4-7-15(17(16)12-22-20)13-9-10-18-19(11-13)25-21(24-18)23-14-5-2-1-3-6-14/h1-11H,12H2,(H,22,26)(H2,23,24,25). The molecule has 0 atom stereocenters. The third-order valence-electron chi connectivity index (χ3n) is 4.68. The SMILES string of the molecule is O=C1NCc2c1cccc2-c1ccc2[nH]c(Nc3ccccc3)nc2c1. The molecule has 1 aliphatic heterocycles. The molecule has 0 spiro atoms. The Labute approximate surface area is 150 Å². The molecule has 0 radical (unpaired) electrons. The molecule has 0 aliphatic carbocycles. The molecule has 1 aromatic heterocycles. The van der Waals surface area contributed by atoms with Gasteiger partial charge in [0.15, 0.2) is 0 Å². The molecule has 1 aliphatic rings. The number of H-pyrrole nitrogens is 1. The van der Waals surface area contributed by atoms with Crippen LogP contribution in [0.4, 0.5) is 11.6 Å². The van der Waals surface area contributed by atoms with Crippen molar-refractivity contribution in [2.45, 2.75) is 6.54 Å². The molecule has 1 amide bonds. The van der Waals surface area contributed by atoms with Gasteiger partial charge in [-0.05, 0) is 47.0 Å². The van der Waals surface area contributed by atoms with E-state index in [0.29, 0.717) is 12.5 Å². The average Bonchev–Trinajstić information content (AvgIpc) is 3.25. The van der Waals surface area contributed by atoms with Crippen LogP contribution in [0.15, 0.2) is 66.7 Å². The van der Waals surface area contributed by atoms with Crippen LogP contribution in [0.2, 0.25) is 0 Å². The Balaban J connectivity index is 1.54. The van der Waals surface area contributed by atoms with Crippen LogP contribution in [0.1, 0.15) is 15.9 Å². The number of fused-ring (bicyclic) bond motifs is 2. The number of anilines is 2. The Kier molecular flexibility index (Phi) is 3.25. The molecular weight excluding hydrogens is 324 g/mol. The lowest BCUT2D eigenvalue weighted by molar-refractivity contribution is 0.0966. The zero-order valence-electron chi connectivity index (χ0n) is 13.9. The lowest BCUT2D eigenvalue weighted by Gasteiger charge is -2.07. The van der Waals surface area contributed by atoms with Crippen molar-refractivity contribution in [1.82, 2.24) is 15.3 Å². The first kappa shape index (κ1) is 14.7. The number of hydrogen-bond acceptors (Lipinski definition) is 3. The van der Waals surface area contributed by atoms with Crippen LogP contribution in [0, 0.1) is 0 Å². The van der Waals surface area contributed by atoms with Gasteiger partial charge in [-0.3, -0.25) is 4.79 Å². The van der Waals surface area contributed by atoms with E-state index in [-0.39, 0.29) is 5.91 Å². The zero-order chi connectivity index (χ0) is 17.5. The quantitative estimate of drug-likeness (QED) is 0.523. The fourth-order valence-corrected chi connectivity index (χ4v) is 3.42. The highest BCUT2D eigenvalue weighted by atomic mass is 16.1. The number of carbonyl (C=O) groups is 1. The summed E-state index contributed by atoms with van der Waals surface area (Å²) in [5.74, 6) is 0.704. The highest BCUT2D eigenvalue weighted by Crippen LogP contribution is 2.31. The molecular formula is C21H16N4O. The first-order valence-corrected chi connectivity index (χ1v) is 8.50. The summed E-state index contributed by atoms with van der Waals surface area (Å²) in [4.78, 5) is 19.8. The maximum atomic E-state index is 11.9. The average molecular weight is 340 g/mol. The lowest BCUT2D eigenvalue weighted by atomic mass is 9.97. The molecule has 0 saturated carbocycles. The van der Waals surface area contributed by atoms with Crippen LogP contribution in [0.3, 0.4) is 0 Å². The van der Waals surface area contributed by atoms with Gasteiger partial charge in [-0.15, -0.1) is 0 Å². The summed E-state index contributed by atoms with van der Waals surface area (Å²) in [7, 11) is 0. The maximum absolute atomic E-state index is 11.9. The van der Waals surface area contributed by atoms with Crippen LogP contribution >= 0.6 is 0 Å². The van der Waals surface area contributed by atoms with Gasteiger partial charge in [0, 0.05) is 17.8 Å². The molecule has 2 heterocycles. The minimum atomic E-state index is -0.00274. The summed E-state index contributed by atoms with van der Waals surface area (Å²) in [6.45, 7) is 0.573. The minimum Gasteiger partial charge on any atom is -0.348 e. The lowest BCUT2D eigenvalue weighted by Crippen LogP contribution is -2.12. The molecule has 0 fully saturated rings. The summed E-state index contributed by atoms with van der Waals surface area (Å²) in [6, 6.07) is 21.9. The zero-order valence-corrected chi connectivity index (χ0v) is 13.9. The van der Waals surface area contributed by atoms with E-state index in [1.807, 2.05) is 48.5 Å². The van der Waals surface area contributed by atoms with Crippen molar-refractivity contribution in [3.05, 3.63) is 77.9 Å². The second-order valence-corrected chi connectivity index (χ2v) is 6.32. The number of hydrogen-bond donors (Lipinski definition) is 3. The van der Waals surface area contributed by atoms with Crippen molar-refractivity contribution < 1.29 is 4.79 Å². The van der Waals surface area contributed by atoms with Gasteiger partial charge in [0.05, 0.1) is 11.0 Å². The van der Waals surface area contributed by atoms with Crippen molar-refractivity contribution in [2.75, 3.05) is 5.32 Å². The van der Waals surface area contributed by atoms with Crippen LogP contribution in [-0.4, -0.2) is 15.9 Å². The molecule has 0 saturated heterocycles. The third kappa shape index (κ3) is 2.41. The number of nitrogens with one attached hydrogen (secondary N) is 3. The molecule has 126 valence electrons. The van der Waals surface area contributed by atoms with Crippen molar-refractivity contribution in [1.29, 1.82) is 0 Å². The Morgan fingerprint density at radius 2 is 1.77 bits per heavy atom. The largest absolute Gasteiger partial charge is 0.348 e. The van der Waals surface area contributed by atoms with Gasteiger partial charge in [0.25, 0.3) is 5.91 Å². The Bertz CT molecular complexity index is 1130. The van der Waals surface area contributed by atoms with E-state index in [0.717, 1.165) is 39.0 Å². The summed E-state index contributed by atoms with van der Waals surface area (Å²) in [5, 5.41) is 6.17. The third-order valence-corrected chi connectivity index (χ3v) is 4.68. The van der Waals surface area contributed by atoms with Crippen LogP contribution < -0.4 is 10.6 Å². The Morgan fingerprint density at radius 1 is 0.923 bits per heavy atom. The minimum absolute atomic E-state index is 0.00274. The first-order valence-electron chi connectivity index (χ1n) is 8.50. The van der Waals surface area contributed by atoms with Crippen molar-refractivity contribution in [2.24, 2.45) is 0 Å². The van der Waals surface area contributed by atoms with E-state index in [4.69, 9.17) is 0 Å². The van der Waals surface area contributed by atoms with E-state index < -0.39 is 0 Å². The van der Waals surface area contributed by atoms with E-state index in [1.165, 1.54) is 0 Å². The Hall–Kier alpha value is -3.60. The number of imidazole rings is 1. The monoisotopic (exact) mass is 340 g/mol. The molecule has 5 rings (SSSR count). The molecule has 0 unspecified atom stereocenters. The van der Waals surface area contributed by atoms with Crippen LogP contribution in [0.25, 0.3) is 22.2 Å². The van der Waals surface area contributed by atoms with Crippen LogP contribution in [-0.2, 0) is 6.54 Å². The molecule has 26 heavy (non-hydrogen) atoms. The van der Waals surface area contributed by atoms with E-state index >= 15 is 0 Å². The predicted octanol–water partition coefficient (Wildman–Crippen LogP) is 4.22. The molecule has 4 aromatic rings. The van der Waals surface area contributed by atoms with Crippen molar-refractivity contribution in [3.63, 3.8) is 0 Å². The smallest absolute Gasteiger partial charge is 0.251 e. The number of aromatic nitrogens is 2. The number of amides is 1. The summed E-state index contributed by atoms with van der Waals surface area (Å²) >= 11 is 0. The molecule has 5 nitrogen and oxygen atoms in total. The Morgan fingerprint density at radius 3 is 2.65 bits per heavy atom. The summed E-state index contributed by atoms with van der Waals surface area (Å²) in [6.07, 6.45) is 0. The number of rotatable bonds is 3. The predicted molar refractivity (Wildman–Crippen MR) is 102 cm³/mol. The molecule has 3 aromatic carbocycles. The van der Waals surface area contributed by atoms with Gasteiger partial charge in [-0.2, -0.15) is 0 Å². The summed E-state index contributed by atoms with van der Waals surface area (Å²) in [5.41, 5.74) is 6.78. The van der Waals surface area contributed by atoms with E-state index in [2.05, 4.69) is 38.8 Å². The van der Waals surface area contributed by atoms with Gasteiger partial charge < -0.3 is 15.6 Å². The van der Waals surface area contributed by atoms with Gasteiger partial charge in [-0.1, -0.05) is 36.4 Å². The van der Waals surface area contributed by atoms with Gasteiger partial charge in [0.2, 0.25) is 5.95 Å². The second kappa shape index (κ2) is 5.74. The highest BCUT2D eigenvalue weighted by molar-refractivity contribution is 6.00. The van der Waals surface area contributed by atoms with E-state index in [1.54, 1.807) is 0 Å². The van der Waals surface area contributed by atoms with Gasteiger partial charge in [0.1, 0.15) is 0 Å². The molecule has 5 heteroatoms. The van der Waals surface area contributed by atoms with Crippen LogP contribution in [0.5, 0.6) is 0 Å². The normalized spacial score (nSPS) is 12.8. The second-order valence-electron chi connectivity index (χ2n) is 6.32.